The SMILES string of the molecule is NC(=O)[C](CCO)c1cccc2ccccc12. The molecule has 0 aliphatic rings. The van der Waals surface area contributed by atoms with E-state index in [2.05, 4.69) is 0 Å². The van der Waals surface area contributed by atoms with Gasteiger partial charge in [-0.05, 0) is 22.8 Å². The quantitative estimate of drug-likeness (QED) is 0.835. The molecule has 0 saturated carbocycles. The third-order valence-electron chi connectivity index (χ3n) is 2.77. The molecule has 2 rings (SSSR count). The predicted octanol–water partition coefficient (Wildman–Crippen LogP) is 1.63. The van der Waals surface area contributed by atoms with Gasteiger partial charge in [0.1, 0.15) is 0 Å². The largest absolute Gasteiger partial charge is 0.396 e. The fraction of sp³-hybridized carbons (Fsp3) is 0.143. The first-order valence-corrected chi connectivity index (χ1v) is 5.48. The molecule has 0 aliphatic heterocycles. The van der Waals surface area contributed by atoms with E-state index in [-0.39, 0.29) is 13.0 Å². The minimum absolute atomic E-state index is 0.0819. The zero-order valence-corrected chi connectivity index (χ0v) is 9.39. The monoisotopic (exact) mass is 228 g/mol. The van der Waals surface area contributed by atoms with Gasteiger partial charge in [0, 0.05) is 6.61 Å². The fourth-order valence-corrected chi connectivity index (χ4v) is 1.99. The number of amides is 1. The topological polar surface area (TPSA) is 63.3 Å². The maximum absolute atomic E-state index is 11.4. The van der Waals surface area contributed by atoms with Gasteiger partial charge in [0.2, 0.25) is 5.91 Å². The van der Waals surface area contributed by atoms with Crippen molar-refractivity contribution < 1.29 is 9.90 Å². The van der Waals surface area contributed by atoms with Crippen LogP contribution in [0.25, 0.3) is 10.8 Å². The summed E-state index contributed by atoms with van der Waals surface area (Å²) in [6, 6.07) is 13.5. The average molecular weight is 228 g/mol. The lowest BCUT2D eigenvalue weighted by Crippen LogP contribution is -2.23. The summed E-state index contributed by atoms with van der Waals surface area (Å²) < 4.78 is 0. The van der Waals surface area contributed by atoms with Gasteiger partial charge in [-0.15, -0.1) is 0 Å². The van der Waals surface area contributed by atoms with Gasteiger partial charge >= 0.3 is 0 Å². The van der Waals surface area contributed by atoms with E-state index in [4.69, 9.17) is 10.8 Å². The molecule has 0 unspecified atom stereocenters. The Morgan fingerprint density at radius 3 is 2.53 bits per heavy atom. The molecule has 0 fully saturated rings. The zero-order valence-electron chi connectivity index (χ0n) is 9.39. The van der Waals surface area contributed by atoms with Crippen molar-refractivity contribution in [2.75, 3.05) is 6.61 Å². The highest BCUT2D eigenvalue weighted by molar-refractivity contribution is 5.99. The van der Waals surface area contributed by atoms with Crippen LogP contribution in [0.1, 0.15) is 12.0 Å². The van der Waals surface area contributed by atoms with E-state index >= 15 is 0 Å². The number of rotatable bonds is 4. The molecule has 0 aliphatic carbocycles. The molecule has 3 heteroatoms. The Hall–Kier alpha value is -1.87. The molecule has 0 aromatic heterocycles. The summed E-state index contributed by atoms with van der Waals surface area (Å²) in [5, 5.41) is 11.0. The van der Waals surface area contributed by atoms with Crippen molar-refractivity contribution >= 4 is 16.7 Å². The Labute approximate surface area is 99.9 Å². The molecule has 0 heterocycles. The molecule has 0 spiro atoms. The number of hydrogen-bond donors (Lipinski definition) is 2. The van der Waals surface area contributed by atoms with E-state index in [1.54, 1.807) is 0 Å². The maximum Gasteiger partial charge on any atom is 0.229 e. The number of aliphatic hydroxyl groups excluding tert-OH is 1. The van der Waals surface area contributed by atoms with Gasteiger partial charge in [-0.25, -0.2) is 0 Å². The Balaban J connectivity index is 2.56. The van der Waals surface area contributed by atoms with Crippen LogP contribution in [0.4, 0.5) is 0 Å². The van der Waals surface area contributed by atoms with Gasteiger partial charge in [0.15, 0.2) is 0 Å². The molecule has 0 atom stereocenters. The molecule has 3 nitrogen and oxygen atoms in total. The number of nitrogens with two attached hydrogens (primary N) is 1. The second kappa shape index (κ2) is 4.97. The molecule has 3 N–H and O–H groups in total. The van der Waals surface area contributed by atoms with E-state index < -0.39 is 5.91 Å². The first kappa shape index (κ1) is 11.6. The lowest BCUT2D eigenvalue weighted by Gasteiger charge is -2.14. The van der Waals surface area contributed by atoms with Crippen molar-refractivity contribution in [2.45, 2.75) is 6.42 Å². The Bertz CT molecular complexity index is 531. The van der Waals surface area contributed by atoms with Crippen molar-refractivity contribution in [3.63, 3.8) is 0 Å². The van der Waals surface area contributed by atoms with Crippen LogP contribution in [0.3, 0.4) is 0 Å². The molecule has 1 amide bonds. The molecular weight excluding hydrogens is 214 g/mol. The van der Waals surface area contributed by atoms with E-state index in [1.807, 2.05) is 42.5 Å². The molecule has 17 heavy (non-hydrogen) atoms. The predicted molar refractivity (Wildman–Crippen MR) is 67.2 cm³/mol. The first-order chi connectivity index (χ1) is 8.24. The highest BCUT2D eigenvalue weighted by Crippen LogP contribution is 2.26. The van der Waals surface area contributed by atoms with E-state index in [0.717, 1.165) is 16.3 Å². The summed E-state index contributed by atoms with van der Waals surface area (Å²) in [7, 11) is 0. The lowest BCUT2D eigenvalue weighted by atomic mass is 9.91. The molecule has 0 saturated heterocycles. The van der Waals surface area contributed by atoms with E-state index in [9.17, 15) is 4.79 Å². The minimum atomic E-state index is -0.476. The normalized spacial score (nSPS) is 10.9. The summed E-state index contributed by atoms with van der Waals surface area (Å²) in [6.07, 6.45) is 0.281. The van der Waals surface area contributed by atoms with Crippen LogP contribution in [0.5, 0.6) is 0 Å². The second-order valence-corrected chi connectivity index (χ2v) is 3.84. The molecule has 2 aromatic rings. The number of fused-ring (bicyclic) bond motifs is 1. The first-order valence-electron chi connectivity index (χ1n) is 5.48. The van der Waals surface area contributed by atoms with Crippen molar-refractivity contribution in [3.8, 4) is 0 Å². The van der Waals surface area contributed by atoms with Crippen LogP contribution in [-0.4, -0.2) is 17.6 Å². The number of aliphatic hydroxyl groups is 1. The number of primary amides is 1. The van der Waals surface area contributed by atoms with Crippen molar-refractivity contribution in [2.24, 2.45) is 5.73 Å². The minimum Gasteiger partial charge on any atom is -0.396 e. The van der Waals surface area contributed by atoms with Gasteiger partial charge in [-0.3, -0.25) is 4.79 Å². The number of hydrogen-bond acceptors (Lipinski definition) is 2. The Morgan fingerprint density at radius 1 is 1.12 bits per heavy atom. The van der Waals surface area contributed by atoms with Crippen LogP contribution < -0.4 is 5.73 Å². The zero-order chi connectivity index (χ0) is 12.3. The van der Waals surface area contributed by atoms with E-state index in [0.29, 0.717) is 5.92 Å². The highest BCUT2D eigenvalue weighted by atomic mass is 16.3. The molecular formula is C14H14NO2. The summed E-state index contributed by atoms with van der Waals surface area (Å²) in [5.41, 5.74) is 6.17. The maximum atomic E-state index is 11.4. The molecule has 87 valence electrons. The Kier molecular flexibility index (Phi) is 3.40. The average Bonchev–Trinajstić information content (AvgIpc) is 2.35. The lowest BCUT2D eigenvalue weighted by molar-refractivity contribution is -0.116. The second-order valence-electron chi connectivity index (χ2n) is 3.84. The molecule has 1 radical (unpaired) electrons. The van der Waals surface area contributed by atoms with Gasteiger partial charge in [0.25, 0.3) is 0 Å². The summed E-state index contributed by atoms with van der Waals surface area (Å²) >= 11 is 0. The van der Waals surface area contributed by atoms with Crippen molar-refractivity contribution in [1.82, 2.24) is 0 Å². The van der Waals surface area contributed by atoms with Crippen molar-refractivity contribution in [3.05, 3.63) is 53.9 Å². The van der Waals surface area contributed by atoms with Crippen LogP contribution in [0.2, 0.25) is 0 Å². The smallest absolute Gasteiger partial charge is 0.229 e. The summed E-state index contributed by atoms with van der Waals surface area (Å²) in [6.45, 7) is -0.0819. The summed E-state index contributed by atoms with van der Waals surface area (Å²) in [5.74, 6) is -0.000275. The standard InChI is InChI=1S/C14H14NO2/c15-14(17)13(8-9-16)12-7-3-5-10-4-1-2-6-11(10)12/h1-7,16H,8-9H2,(H2,15,17). The van der Waals surface area contributed by atoms with Crippen LogP contribution in [0, 0.1) is 5.92 Å². The van der Waals surface area contributed by atoms with Crippen LogP contribution in [0.15, 0.2) is 42.5 Å². The fourth-order valence-electron chi connectivity index (χ4n) is 1.99. The number of benzene rings is 2. The van der Waals surface area contributed by atoms with Gasteiger partial charge < -0.3 is 10.8 Å². The molecule has 0 bridgehead atoms. The van der Waals surface area contributed by atoms with Gasteiger partial charge in [-0.2, -0.15) is 0 Å². The van der Waals surface area contributed by atoms with Gasteiger partial charge in [-0.1, -0.05) is 42.5 Å². The van der Waals surface area contributed by atoms with Crippen LogP contribution >= 0.6 is 0 Å². The summed E-state index contributed by atoms with van der Waals surface area (Å²) in [4.78, 5) is 11.4. The number of carbonyl (C=O) groups excluding carboxylic acids is 1. The van der Waals surface area contributed by atoms with E-state index in [1.165, 1.54) is 0 Å². The third kappa shape index (κ3) is 2.29. The third-order valence-corrected chi connectivity index (χ3v) is 2.77. The van der Waals surface area contributed by atoms with Crippen LogP contribution in [-0.2, 0) is 4.79 Å². The molecule has 2 aromatic carbocycles. The Morgan fingerprint density at radius 2 is 1.82 bits per heavy atom. The number of carbonyl (C=O) groups is 1. The highest BCUT2D eigenvalue weighted by Gasteiger charge is 2.20. The van der Waals surface area contributed by atoms with Crippen molar-refractivity contribution in [1.29, 1.82) is 0 Å². The van der Waals surface area contributed by atoms with Gasteiger partial charge in [0.05, 0.1) is 5.92 Å².